The Bertz CT molecular complexity index is 915. The van der Waals surface area contributed by atoms with Gasteiger partial charge in [-0.2, -0.15) is 0 Å². The zero-order valence-electron chi connectivity index (χ0n) is 16.2. The fourth-order valence-electron chi connectivity index (χ4n) is 3.97. The smallest absolute Gasteiger partial charge is 0.350 e. The average molecular weight is 443 g/mol. The number of imidazole rings is 1. The first-order chi connectivity index (χ1) is 14.3. The summed E-state index contributed by atoms with van der Waals surface area (Å²) >= 11 is 0. The van der Waals surface area contributed by atoms with Crippen LogP contribution in [-0.2, 0) is 14.0 Å². The van der Waals surface area contributed by atoms with Crippen molar-refractivity contribution in [1.82, 2.24) is 19.5 Å². The molecule has 2 aromatic heterocycles. The van der Waals surface area contributed by atoms with Crippen LogP contribution in [0.15, 0.2) is 12.7 Å². The first-order valence-electron chi connectivity index (χ1n) is 9.91. The van der Waals surface area contributed by atoms with Crippen molar-refractivity contribution in [3.63, 3.8) is 0 Å². The molecule has 0 amide bonds. The molecule has 12 nitrogen and oxygen atoms in total. The van der Waals surface area contributed by atoms with Gasteiger partial charge in [0, 0.05) is 6.04 Å². The van der Waals surface area contributed by atoms with Gasteiger partial charge in [-0.3, -0.25) is 9.13 Å². The normalized spacial score (nSPS) is 28.3. The first kappa shape index (κ1) is 21.6. The molecule has 0 spiro atoms. The van der Waals surface area contributed by atoms with Crippen LogP contribution in [0.1, 0.15) is 38.3 Å². The summed E-state index contributed by atoms with van der Waals surface area (Å²) in [7, 11) is -4.34. The molecular formula is C17H26N5O7P. The maximum Gasteiger partial charge on any atom is 0.350 e. The monoisotopic (exact) mass is 443 g/mol. The van der Waals surface area contributed by atoms with Gasteiger partial charge < -0.3 is 34.8 Å². The Morgan fingerprint density at radius 1 is 1.17 bits per heavy atom. The number of aliphatic hydroxyl groups excluding tert-OH is 2. The Kier molecular flexibility index (Phi) is 6.35. The molecule has 4 rings (SSSR count). The molecule has 1 aliphatic carbocycles. The van der Waals surface area contributed by atoms with Crippen LogP contribution in [0.4, 0.5) is 5.82 Å². The molecule has 2 aliphatic rings. The molecule has 0 bridgehead atoms. The number of nitrogens with zero attached hydrogens (tertiary/aromatic N) is 4. The highest BCUT2D eigenvalue weighted by Gasteiger charge is 2.44. The van der Waals surface area contributed by atoms with Gasteiger partial charge in [-0.25, -0.2) is 15.0 Å². The predicted octanol–water partition coefficient (Wildman–Crippen LogP) is 0.342. The number of aromatic nitrogens is 4. The molecule has 0 aromatic carbocycles. The molecule has 0 unspecified atom stereocenters. The number of hydrogen-bond donors (Lipinski definition) is 5. The summed E-state index contributed by atoms with van der Waals surface area (Å²) in [5, 5.41) is 24.2. The van der Waals surface area contributed by atoms with Crippen LogP contribution in [0.25, 0.3) is 11.2 Å². The van der Waals surface area contributed by atoms with Crippen molar-refractivity contribution in [3.05, 3.63) is 12.7 Å². The molecule has 13 heteroatoms. The summed E-state index contributed by atoms with van der Waals surface area (Å²) in [5.41, 5.74) is 0.978. The number of rotatable bonds is 7. The minimum atomic E-state index is -4.34. The molecule has 1 aliphatic heterocycles. The number of nitrogens with one attached hydrogen (secondary N) is 1. The Balaban J connectivity index is 1.50. The average Bonchev–Trinajstić information content (AvgIpc) is 3.25. The Morgan fingerprint density at radius 2 is 1.93 bits per heavy atom. The van der Waals surface area contributed by atoms with E-state index in [1.54, 1.807) is 0 Å². The van der Waals surface area contributed by atoms with E-state index < -0.39 is 38.5 Å². The van der Waals surface area contributed by atoms with E-state index in [9.17, 15) is 14.8 Å². The Morgan fingerprint density at radius 3 is 2.67 bits per heavy atom. The van der Waals surface area contributed by atoms with Crippen molar-refractivity contribution >= 4 is 24.6 Å². The molecule has 2 fully saturated rings. The second-order valence-corrected chi connectivity index (χ2v) is 9.32. The van der Waals surface area contributed by atoms with Gasteiger partial charge in [0.15, 0.2) is 23.2 Å². The maximum absolute atomic E-state index is 10.9. The quantitative estimate of drug-likeness (QED) is 0.374. The zero-order valence-corrected chi connectivity index (χ0v) is 17.1. The van der Waals surface area contributed by atoms with E-state index >= 15 is 0 Å². The van der Waals surface area contributed by atoms with E-state index in [4.69, 9.17) is 19.3 Å². The van der Waals surface area contributed by atoms with Gasteiger partial charge in [0.2, 0.25) is 0 Å². The highest BCUT2D eigenvalue weighted by Crippen LogP contribution is 2.36. The van der Waals surface area contributed by atoms with Crippen LogP contribution in [0, 0.1) is 0 Å². The maximum atomic E-state index is 10.9. The minimum absolute atomic E-state index is 0.282. The molecule has 1 saturated heterocycles. The lowest BCUT2D eigenvalue weighted by Gasteiger charge is -2.23. The first-order valence-corrected chi connectivity index (χ1v) is 11.7. The highest BCUT2D eigenvalue weighted by molar-refractivity contribution is 7.51. The summed E-state index contributed by atoms with van der Waals surface area (Å²) < 4.78 is 23.1. The Hall–Kier alpha value is -1.66. The number of anilines is 1. The van der Waals surface area contributed by atoms with Crippen molar-refractivity contribution in [1.29, 1.82) is 0 Å². The van der Waals surface area contributed by atoms with Gasteiger partial charge in [0.1, 0.15) is 31.0 Å². The van der Waals surface area contributed by atoms with Gasteiger partial charge in [-0.1, -0.05) is 19.3 Å². The minimum Gasteiger partial charge on any atom is -0.387 e. The number of aliphatic hydroxyl groups is 2. The highest BCUT2D eigenvalue weighted by atomic mass is 31.2. The molecule has 4 atom stereocenters. The van der Waals surface area contributed by atoms with Gasteiger partial charge in [-0.05, 0) is 12.8 Å². The summed E-state index contributed by atoms with van der Waals surface area (Å²) in [5.74, 6) is 0.611. The third-order valence-corrected chi connectivity index (χ3v) is 5.98. The van der Waals surface area contributed by atoms with Crippen LogP contribution in [0.5, 0.6) is 0 Å². The van der Waals surface area contributed by atoms with E-state index in [0.717, 1.165) is 12.8 Å². The molecular weight excluding hydrogens is 417 g/mol. The molecule has 1 saturated carbocycles. The molecule has 3 heterocycles. The fraction of sp³-hybridized carbons (Fsp3) is 0.706. The van der Waals surface area contributed by atoms with Crippen LogP contribution in [-0.4, -0.2) is 76.8 Å². The second-order valence-electron chi connectivity index (χ2n) is 7.74. The summed E-state index contributed by atoms with van der Waals surface area (Å²) in [6, 6.07) is 0.327. The SMILES string of the molecule is O=P(O)(O)COC[C@H]1O[C@@H](n2cnc3c(NC4CCCCC4)ncnc32)[C@H](O)[C@@H]1O. The molecule has 30 heavy (non-hydrogen) atoms. The number of ether oxygens (including phenoxy) is 2. The lowest BCUT2D eigenvalue weighted by atomic mass is 9.95. The van der Waals surface area contributed by atoms with E-state index in [2.05, 4.69) is 20.3 Å². The topological polar surface area (TPSA) is 172 Å². The molecule has 2 aromatic rings. The van der Waals surface area contributed by atoms with Gasteiger partial charge in [-0.15, -0.1) is 0 Å². The van der Waals surface area contributed by atoms with Crippen molar-refractivity contribution < 1.29 is 34.0 Å². The van der Waals surface area contributed by atoms with E-state index in [-0.39, 0.29) is 6.61 Å². The van der Waals surface area contributed by atoms with E-state index in [0.29, 0.717) is 23.0 Å². The third-order valence-electron chi connectivity index (χ3n) is 5.46. The van der Waals surface area contributed by atoms with Gasteiger partial charge >= 0.3 is 7.60 Å². The Labute approximate surface area is 172 Å². The molecule has 166 valence electrons. The number of fused-ring (bicyclic) bond motifs is 1. The lowest BCUT2D eigenvalue weighted by Crippen LogP contribution is -2.33. The summed E-state index contributed by atoms with van der Waals surface area (Å²) in [6.45, 7) is -0.282. The summed E-state index contributed by atoms with van der Waals surface area (Å²) in [6.07, 6.45) is 3.26. The zero-order chi connectivity index (χ0) is 21.3. The van der Waals surface area contributed by atoms with Gasteiger partial charge in [0.25, 0.3) is 0 Å². The van der Waals surface area contributed by atoms with Gasteiger partial charge in [0.05, 0.1) is 12.9 Å². The largest absolute Gasteiger partial charge is 0.387 e. The van der Waals surface area contributed by atoms with Crippen molar-refractivity contribution in [3.8, 4) is 0 Å². The third kappa shape index (κ3) is 4.65. The van der Waals surface area contributed by atoms with E-state index in [1.807, 2.05) is 0 Å². The van der Waals surface area contributed by atoms with Crippen LogP contribution in [0.2, 0.25) is 0 Å². The van der Waals surface area contributed by atoms with Crippen LogP contribution < -0.4 is 5.32 Å². The molecule has 5 N–H and O–H groups in total. The number of hydrogen-bond acceptors (Lipinski definition) is 9. The van der Waals surface area contributed by atoms with Crippen LogP contribution in [0.3, 0.4) is 0 Å². The lowest BCUT2D eigenvalue weighted by molar-refractivity contribution is -0.0612. The predicted molar refractivity (Wildman–Crippen MR) is 105 cm³/mol. The second kappa shape index (κ2) is 8.83. The van der Waals surface area contributed by atoms with E-state index in [1.165, 1.54) is 36.5 Å². The fourth-order valence-corrected chi connectivity index (χ4v) is 4.31. The standard InChI is InChI=1S/C17H26N5O7P/c23-13-11(6-28-9-30(25,26)27)29-17(14(13)24)22-8-20-12-15(18-7-19-16(12)22)21-10-4-2-1-3-5-10/h7-8,10-11,13-14,17,23-24H,1-6,9H2,(H,18,19,21)(H2,25,26,27)/t11-,13-,14-,17-/m1/s1. The molecule has 0 radical (unpaired) electrons. The van der Waals surface area contributed by atoms with Crippen molar-refractivity contribution in [2.24, 2.45) is 0 Å². The van der Waals surface area contributed by atoms with Crippen LogP contribution >= 0.6 is 7.60 Å². The summed E-state index contributed by atoms with van der Waals surface area (Å²) in [4.78, 5) is 30.7. The van der Waals surface area contributed by atoms with Crippen molar-refractivity contribution in [2.75, 3.05) is 18.3 Å². The van der Waals surface area contributed by atoms with Crippen molar-refractivity contribution in [2.45, 2.75) is 62.7 Å².